The molecule has 1 aliphatic rings. The first kappa shape index (κ1) is 21.0. The number of hydrogen-bond donors (Lipinski definition) is 2. The number of carboxylic acid groups (broad SMARTS) is 1. The predicted molar refractivity (Wildman–Crippen MR) is 108 cm³/mol. The Morgan fingerprint density at radius 3 is 2.72 bits per heavy atom. The number of carbonyl (C=O) groups is 2. The number of anilines is 1. The highest BCUT2D eigenvalue weighted by Crippen LogP contribution is 2.27. The average Bonchev–Trinajstić information content (AvgIpc) is 2.65. The summed E-state index contributed by atoms with van der Waals surface area (Å²) in [6.45, 7) is 5.99. The van der Waals surface area contributed by atoms with Crippen LogP contribution in [0.2, 0.25) is 5.02 Å². The fourth-order valence-corrected chi connectivity index (χ4v) is 3.70. The van der Waals surface area contributed by atoms with Gasteiger partial charge in [0.25, 0.3) is 5.91 Å². The van der Waals surface area contributed by atoms with Gasteiger partial charge in [0.2, 0.25) is 0 Å². The molecule has 2 aromatic rings. The maximum atomic E-state index is 13.3. The Morgan fingerprint density at radius 1 is 1.31 bits per heavy atom. The van der Waals surface area contributed by atoms with Crippen molar-refractivity contribution < 1.29 is 19.1 Å². The smallest absolute Gasteiger partial charge is 0.407 e. The van der Waals surface area contributed by atoms with E-state index in [1.54, 1.807) is 6.07 Å². The monoisotopic (exact) mass is 420 g/mol. The number of hydrogen-bond acceptors (Lipinski definition) is 4. The van der Waals surface area contributed by atoms with Crippen LogP contribution < -0.4 is 5.32 Å². The molecule has 3 rings (SSSR count). The number of aromatic nitrogens is 1. The van der Waals surface area contributed by atoms with E-state index in [9.17, 15) is 19.1 Å². The summed E-state index contributed by atoms with van der Waals surface area (Å²) in [7, 11) is 0. The molecule has 2 amide bonds. The number of halogens is 2. The minimum absolute atomic E-state index is 0.111. The summed E-state index contributed by atoms with van der Waals surface area (Å²) in [6.07, 6.45) is 1.42. The maximum Gasteiger partial charge on any atom is 0.407 e. The Labute approximate surface area is 173 Å². The molecule has 154 valence electrons. The standard InChI is InChI=1S/C20H22ClFN4O3/c1-12-10-25(3-4-26(12)20(28)29)11-15-5-16(21)7-18(13(15)2)24-19(27)14-6-17(22)9-23-8-14/h5-9,12H,3-4,10-11H2,1-2H3,(H,24,27)(H,28,29). The van der Waals surface area contributed by atoms with Gasteiger partial charge in [0.05, 0.1) is 11.8 Å². The van der Waals surface area contributed by atoms with E-state index in [4.69, 9.17) is 11.6 Å². The SMILES string of the molecule is Cc1c(CN2CCN(C(=O)O)C(C)C2)cc(Cl)cc1NC(=O)c1cncc(F)c1. The van der Waals surface area contributed by atoms with Crippen LogP contribution in [0.5, 0.6) is 0 Å². The molecule has 0 aliphatic carbocycles. The van der Waals surface area contributed by atoms with Gasteiger partial charge in [-0.3, -0.25) is 14.7 Å². The van der Waals surface area contributed by atoms with Crippen molar-refractivity contribution in [3.63, 3.8) is 0 Å². The minimum Gasteiger partial charge on any atom is -0.465 e. The van der Waals surface area contributed by atoms with Crippen molar-refractivity contribution in [2.75, 3.05) is 25.0 Å². The molecule has 1 aromatic heterocycles. The third kappa shape index (κ3) is 5.02. The molecule has 1 aromatic carbocycles. The number of carbonyl (C=O) groups excluding carboxylic acids is 1. The average molecular weight is 421 g/mol. The largest absolute Gasteiger partial charge is 0.465 e. The molecule has 0 radical (unpaired) electrons. The molecule has 1 fully saturated rings. The van der Waals surface area contributed by atoms with Gasteiger partial charge in [0, 0.05) is 49.1 Å². The first-order valence-corrected chi connectivity index (χ1v) is 9.55. The number of piperazine rings is 1. The van der Waals surface area contributed by atoms with Crippen LogP contribution in [-0.4, -0.2) is 57.6 Å². The van der Waals surface area contributed by atoms with Crippen LogP contribution in [-0.2, 0) is 6.54 Å². The first-order valence-electron chi connectivity index (χ1n) is 9.17. The molecule has 0 bridgehead atoms. The van der Waals surface area contributed by atoms with Crippen molar-refractivity contribution in [3.8, 4) is 0 Å². The zero-order valence-corrected chi connectivity index (χ0v) is 16.9. The molecule has 1 atom stereocenters. The fraction of sp³-hybridized carbons (Fsp3) is 0.350. The van der Waals surface area contributed by atoms with Gasteiger partial charge in [-0.2, -0.15) is 0 Å². The number of nitrogens with one attached hydrogen (secondary N) is 1. The van der Waals surface area contributed by atoms with E-state index in [1.165, 1.54) is 11.1 Å². The summed E-state index contributed by atoms with van der Waals surface area (Å²) >= 11 is 6.26. The van der Waals surface area contributed by atoms with Crippen molar-refractivity contribution in [3.05, 3.63) is 58.1 Å². The Bertz CT molecular complexity index is 940. The molecule has 9 heteroatoms. The third-order valence-corrected chi connectivity index (χ3v) is 5.26. The number of rotatable bonds is 4. The quantitative estimate of drug-likeness (QED) is 0.789. The third-order valence-electron chi connectivity index (χ3n) is 5.05. The lowest BCUT2D eigenvalue weighted by molar-refractivity contribution is 0.0710. The summed E-state index contributed by atoms with van der Waals surface area (Å²) in [4.78, 5) is 31.0. The summed E-state index contributed by atoms with van der Waals surface area (Å²) in [5, 5.41) is 12.5. The number of amides is 2. The molecule has 1 unspecified atom stereocenters. The number of pyridine rings is 1. The summed E-state index contributed by atoms with van der Waals surface area (Å²) in [6, 6.07) is 4.49. The van der Waals surface area contributed by atoms with Crippen LogP contribution in [0.4, 0.5) is 14.9 Å². The molecule has 2 N–H and O–H groups in total. The van der Waals surface area contributed by atoms with E-state index < -0.39 is 17.8 Å². The van der Waals surface area contributed by atoms with Crippen molar-refractivity contribution in [1.29, 1.82) is 0 Å². The Morgan fingerprint density at radius 2 is 2.07 bits per heavy atom. The van der Waals surface area contributed by atoms with E-state index in [1.807, 2.05) is 19.9 Å². The van der Waals surface area contributed by atoms with Gasteiger partial charge in [-0.1, -0.05) is 11.6 Å². The number of benzene rings is 1. The van der Waals surface area contributed by atoms with Gasteiger partial charge in [-0.15, -0.1) is 0 Å². The second-order valence-corrected chi connectivity index (χ2v) is 7.58. The van der Waals surface area contributed by atoms with E-state index >= 15 is 0 Å². The lowest BCUT2D eigenvalue weighted by Crippen LogP contribution is -2.53. The van der Waals surface area contributed by atoms with Crippen LogP contribution in [0, 0.1) is 12.7 Å². The molecule has 0 saturated carbocycles. The van der Waals surface area contributed by atoms with Gasteiger partial charge in [-0.05, 0) is 43.2 Å². The molecule has 1 saturated heterocycles. The lowest BCUT2D eigenvalue weighted by Gasteiger charge is -2.38. The second kappa shape index (κ2) is 8.75. The van der Waals surface area contributed by atoms with E-state index in [-0.39, 0.29) is 11.6 Å². The molecule has 1 aliphatic heterocycles. The van der Waals surface area contributed by atoms with Crippen LogP contribution in [0.15, 0.2) is 30.6 Å². The van der Waals surface area contributed by atoms with Crippen molar-refractivity contribution in [1.82, 2.24) is 14.8 Å². The summed E-state index contributed by atoms with van der Waals surface area (Å²) in [5.74, 6) is -1.06. The highest BCUT2D eigenvalue weighted by Gasteiger charge is 2.27. The van der Waals surface area contributed by atoms with Crippen LogP contribution in [0.3, 0.4) is 0 Å². The maximum absolute atomic E-state index is 13.3. The molecule has 29 heavy (non-hydrogen) atoms. The van der Waals surface area contributed by atoms with Crippen molar-refractivity contribution >= 4 is 29.3 Å². The topological polar surface area (TPSA) is 85.8 Å². The van der Waals surface area contributed by atoms with Crippen molar-refractivity contribution in [2.45, 2.75) is 26.4 Å². The van der Waals surface area contributed by atoms with Crippen LogP contribution >= 0.6 is 11.6 Å². The predicted octanol–water partition coefficient (Wildman–Crippen LogP) is 3.62. The Balaban J connectivity index is 1.75. The lowest BCUT2D eigenvalue weighted by atomic mass is 10.0. The van der Waals surface area contributed by atoms with Crippen LogP contribution in [0.1, 0.15) is 28.4 Å². The zero-order chi connectivity index (χ0) is 21.1. The molecule has 0 spiro atoms. The van der Waals surface area contributed by atoms with Gasteiger partial charge in [0.15, 0.2) is 0 Å². The molecule has 7 nitrogen and oxygen atoms in total. The fourth-order valence-electron chi connectivity index (χ4n) is 3.46. The van der Waals surface area contributed by atoms with E-state index in [2.05, 4.69) is 15.2 Å². The highest BCUT2D eigenvalue weighted by atomic mass is 35.5. The van der Waals surface area contributed by atoms with Gasteiger partial charge < -0.3 is 15.3 Å². The van der Waals surface area contributed by atoms with Gasteiger partial charge in [0.1, 0.15) is 5.82 Å². The van der Waals surface area contributed by atoms with Crippen LogP contribution in [0.25, 0.3) is 0 Å². The second-order valence-electron chi connectivity index (χ2n) is 7.14. The summed E-state index contributed by atoms with van der Waals surface area (Å²) in [5.41, 5.74) is 2.44. The normalized spacial score (nSPS) is 17.2. The van der Waals surface area contributed by atoms with E-state index in [0.29, 0.717) is 36.9 Å². The summed E-state index contributed by atoms with van der Waals surface area (Å²) < 4.78 is 13.3. The van der Waals surface area contributed by atoms with E-state index in [0.717, 1.165) is 23.4 Å². The van der Waals surface area contributed by atoms with Gasteiger partial charge in [-0.25, -0.2) is 9.18 Å². The van der Waals surface area contributed by atoms with Crippen molar-refractivity contribution in [2.24, 2.45) is 0 Å². The zero-order valence-electron chi connectivity index (χ0n) is 16.2. The molecular formula is C20H22ClFN4O3. The van der Waals surface area contributed by atoms with Gasteiger partial charge >= 0.3 is 6.09 Å². The highest BCUT2D eigenvalue weighted by molar-refractivity contribution is 6.31. The Kier molecular flexibility index (Phi) is 6.34. The first-order chi connectivity index (χ1) is 13.7. The minimum atomic E-state index is -0.909. The Hall–Kier alpha value is -2.71. The molecule has 2 heterocycles. The number of nitrogens with zero attached hydrogens (tertiary/aromatic N) is 3. The molecular weight excluding hydrogens is 399 g/mol.